The van der Waals surface area contributed by atoms with Gasteiger partial charge in [0, 0.05) is 17.9 Å². The predicted molar refractivity (Wildman–Crippen MR) is 66.2 cm³/mol. The van der Waals surface area contributed by atoms with Crippen molar-refractivity contribution in [1.29, 1.82) is 0 Å². The number of fused-ring (bicyclic) bond motifs is 1. The normalized spacial score (nSPS) is 16.9. The van der Waals surface area contributed by atoms with Gasteiger partial charge in [-0.15, -0.1) is 0 Å². The molecule has 0 aromatic heterocycles. The third kappa shape index (κ3) is 2.17. The first-order chi connectivity index (χ1) is 7.72. The summed E-state index contributed by atoms with van der Waals surface area (Å²) in [6, 6.07) is 8.74. The molecular weight excluding hydrogens is 198 g/mol. The van der Waals surface area contributed by atoms with Gasteiger partial charge in [-0.05, 0) is 11.6 Å². The van der Waals surface area contributed by atoms with E-state index in [4.69, 9.17) is 0 Å². The molecule has 2 rings (SSSR count). The molecule has 1 heterocycles. The van der Waals surface area contributed by atoms with Crippen LogP contribution in [0.5, 0.6) is 0 Å². The second-order valence-electron chi connectivity index (χ2n) is 4.81. The van der Waals surface area contributed by atoms with Crippen molar-refractivity contribution in [3.05, 3.63) is 35.4 Å². The minimum absolute atomic E-state index is 0.232. The quantitative estimate of drug-likeness (QED) is 0.767. The fourth-order valence-corrected chi connectivity index (χ4v) is 2.34. The summed E-state index contributed by atoms with van der Waals surface area (Å²) in [6.45, 7) is 5.57. The van der Waals surface area contributed by atoms with E-state index in [1.807, 2.05) is 0 Å². The molecule has 0 aliphatic carbocycles. The van der Waals surface area contributed by atoms with Crippen molar-refractivity contribution in [2.24, 2.45) is 5.92 Å². The minimum atomic E-state index is 0.232. The van der Waals surface area contributed by atoms with Gasteiger partial charge >= 0.3 is 0 Å². The fourth-order valence-electron chi connectivity index (χ4n) is 2.34. The first kappa shape index (κ1) is 11.3. The van der Waals surface area contributed by atoms with Gasteiger partial charge in [0.25, 0.3) is 0 Å². The highest BCUT2D eigenvalue weighted by molar-refractivity contribution is 5.78. The van der Waals surface area contributed by atoms with Crippen LogP contribution in [-0.4, -0.2) is 35.1 Å². The molecule has 1 aromatic rings. The van der Waals surface area contributed by atoms with Gasteiger partial charge in [-0.2, -0.15) is 0 Å². The molecule has 1 aliphatic heterocycles. The molecule has 2 nitrogen and oxygen atoms in total. The number of benzene rings is 1. The van der Waals surface area contributed by atoms with E-state index >= 15 is 0 Å². The van der Waals surface area contributed by atoms with Gasteiger partial charge in [-0.1, -0.05) is 32.0 Å². The smallest absolute Gasteiger partial charge is 0.177 e. The van der Waals surface area contributed by atoms with Crippen molar-refractivity contribution in [3.63, 3.8) is 0 Å². The molecule has 0 radical (unpaired) electrons. The van der Waals surface area contributed by atoms with E-state index in [0.717, 1.165) is 13.0 Å². The zero-order chi connectivity index (χ0) is 11.5. The summed E-state index contributed by atoms with van der Waals surface area (Å²) in [7, 11) is 0. The molecule has 1 atom stereocenters. The molecule has 2 heteroatoms. The van der Waals surface area contributed by atoms with Crippen molar-refractivity contribution in [1.82, 2.24) is 0 Å². The van der Waals surface area contributed by atoms with Crippen LogP contribution >= 0.6 is 0 Å². The summed E-state index contributed by atoms with van der Waals surface area (Å²) >= 11 is 0. The number of rotatable bonds is 3. The van der Waals surface area contributed by atoms with Gasteiger partial charge in [0.15, 0.2) is 12.3 Å². The number of hydrogen-bond donors (Lipinski definition) is 1. The molecule has 1 aromatic carbocycles. The van der Waals surface area contributed by atoms with Gasteiger partial charge in [0.05, 0.1) is 0 Å². The Balaban J connectivity index is 2.29. The highest BCUT2D eigenvalue weighted by Crippen LogP contribution is 2.15. The molecule has 0 amide bonds. The van der Waals surface area contributed by atoms with Crippen LogP contribution in [-0.2, 0) is 6.42 Å². The van der Waals surface area contributed by atoms with E-state index in [1.54, 1.807) is 0 Å². The minimum Gasteiger partial charge on any atom is -0.389 e. The summed E-state index contributed by atoms with van der Waals surface area (Å²) in [6.07, 6.45) is 3.27. The lowest BCUT2D eigenvalue weighted by Gasteiger charge is -2.20. The Morgan fingerprint density at radius 1 is 1.31 bits per heavy atom. The highest BCUT2D eigenvalue weighted by Gasteiger charge is 2.26. The lowest BCUT2D eigenvalue weighted by molar-refractivity contribution is -0.572. The second-order valence-corrected chi connectivity index (χ2v) is 4.81. The number of nitrogens with zero attached hydrogens (tertiary/aromatic N) is 1. The van der Waals surface area contributed by atoms with E-state index in [-0.39, 0.29) is 12.6 Å². The van der Waals surface area contributed by atoms with Gasteiger partial charge in [0.1, 0.15) is 13.2 Å². The molecule has 86 valence electrons. The van der Waals surface area contributed by atoms with Gasteiger partial charge < -0.3 is 5.11 Å². The summed E-state index contributed by atoms with van der Waals surface area (Å²) in [5.74, 6) is 0.478. The Morgan fingerprint density at radius 2 is 2.06 bits per heavy atom. The highest BCUT2D eigenvalue weighted by atomic mass is 16.3. The third-order valence-electron chi connectivity index (χ3n) is 3.38. The van der Waals surface area contributed by atoms with Gasteiger partial charge in [-0.3, -0.25) is 0 Å². The van der Waals surface area contributed by atoms with Gasteiger partial charge in [0.2, 0.25) is 0 Å². The van der Waals surface area contributed by atoms with Crippen LogP contribution < -0.4 is 0 Å². The third-order valence-corrected chi connectivity index (χ3v) is 3.38. The lowest BCUT2D eigenvalue weighted by atomic mass is 9.99. The molecule has 1 aliphatic rings. The maximum atomic E-state index is 9.44. The van der Waals surface area contributed by atoms with E-state index in [1.165, 1.54) is 11.1 Å². The van der Waals surface area contributed by atoms with Crippen molar-refractivity contribution in [2.75, 3.05) is 13.2 Å². The SMILES string of the molecule is CC(C)[C@@H](CO)[N+]1=Cc2ccccc2CC1. The van der Waals surface area contributed by atoms with Crippen LogP contribution in [0.15, 0.2) is 24.3 Å². The molecule has 16 heavy (non-hydrogen) atoms. The number of aliphatic hydroxyl groups excluding tert-OH is 1. The topological polar surface area (TPSA) is 23.2 Å². The Labute approximate surface area is 97.2 Å². The van der Waals surface area contributed by atoms with Crippen molar-refractivity contribution in [3.8, 4) is 0 Å². The second kappa shape index (κ2) is 4.79. The monoisotopic (exact) mass is 218 g/mol. The molecule has 0 bridgehead atoms. The van der Waals surface area contributed by atoms with Crippen LogP contribution in [0.4, 0.5) is 0 Å². The Hall–Kier alpha value is -1.15. The fraction of sp³-hybridized carbons (Fsp3) is 0.500. The zero-order valence-corrected chi connectivity index (χ0v) is 10.1. The molecule has 0 saturated heterocycles. The first-order valence-electron chi connectivity index (χ1n) is 6.01. The van der Waals surface area contributed by atoms with Crippen molar-refractivity contribution >= 4 is 6.21 Å². The van der Waals surface area contributed by atoms with Crippen molar-refractivity contribution < 1.29 is 9.68 Å². The predicted octanol–water partition coefficient (Wildman–Crippen LogP) is 1.69. The largest absolute Gasteiger partial charge is 0.389 e. The Morgan fingerprint density at radius 3 is 2.75 bits per heavy atom. The average Bonchev–Trinajstić information content (AvgIpc) is 2.29. The van der Waals surface area contributed by atoms with Gasteiger partial charge in [-0.25, -0.2) is 4.58 Å². The van der Waals surface area contributed by atoms with Crippen LogP contribution in [0.1, 0.15) is 25.0 Å². The van der Waals surface area contributed by atoms with E-state index in [2.05, 4.69) is 48.9 Å². The number of hydrogen-bond acceptors (Lipinski definition) is 1. The summed E-state index contributed by atoms with van der Waals surface area (Å²) in [5.41, 5.74) is 2.71. The molecule has 0 spiro atoms. The molecule has 0 saturated carbocycles. The van der Waals surface area contributed by atoms with Crippen molar-refractivity contribution in [2.45, 2.75) is 26.3 Å². The van der Waals surface area contributed by atoms with E-state index < -0.39 is 0 Å². The Kier molecular flexibility index (Phi) is 3.39. The lowest BCUT2D eigenvalue weighted by Crippen LogP contribution is -2.38. The first-order valence-corrected chi connectivity index (χ1v) is 6.01. The molecular formula is C14H20NO+. The van der Waals surface area contributed by atoms with Crippen LogP contribution in [0.3, 0.4) is 0 Å². The maximum Gasteiger partial charge on any atom is 0.177 e. The van der Waals surface area contributed by atoms with Crippen LogP contribution in [0.2, 0.25) is 0 Å². The number of aliphatic hydroxyl groups is 1. The molecule has 0 fully saturated rings. The average molecular weight is 218 g/mol. The van der Waals surface area contributed by atoms with E-state index in [0.29, 0.717) is 5.92 Å². The molecule has 1 N–H and O–H groups in total. The Bertz CT molecular complexity index is 395. The maximum absolute atomic E-state index is 9.44. The van der Waals surface area contributed by atoms with Crippen LogP contribution in [0, 0.1) is 5.92 Å². The summed E-state index contributed by atoms with van der Waals surface area (Å²) < 4.78 is 2.28. The summed E-state index contributed by atoms with van der Waals surface area (Å²) in [4.78, 5) is 0. The standard InChI is InChI=1S/C14H20NO/c1-11(2)14(10-16)15-8-7-12-5-3-4-6-13(12)9-15/h3-6,9,11,14,16H,7-8,10H2,1-2H3/q+1/t14-/m1/s1. The summed E-state index contributed by atoms with van der Waals surface area (Å²) in [5, 5.41) is 9.44. The van der Waals surface area contributed by atoms with E-state index in [9.17, 15) is 5.11 Å². The molecule has 0 unspecified atom stereocenters. The van der Waals surface area contributed by atoms with Crippen LogP contribution in [0.25, 0.3) is 0 Å². The zero-order valence-electron chi connectivity index (χ0n) is 10.1.